The van der Waals surface area contributed by atoms with E-state index in [1.54, 1.807) is 6.92 Å². The Kier molecular flexibility index (Phi) is 4.73. The lowest BCUT2D eigenvalue weighted by molar-refractivity contribution is 0.0992. The van der Waals surface area contributed by atoms with Crippen LogP contribution < -0.4 is 0 Å². The minimum Gasteiger partial charge on any atom is -0.293 e. The lowest BCUT2D eigenvalue weighted by Crippen LogP contribution is -2.24. The highest BCUT2D eigenvalue weighted by atomic mass is 32.2. The molecule has 0 bridgehead atoms. The van der Waals surface area contributed by atoms with Crippen molar-refractivity contribution in [2.45, 2.75) is 37.8 Å². The Morgan fingerprint density at radius 2 is 1.67 bits per heavy atom. The van der Waals surface area contributed by atoms with Gasteiger partial charge in [0, 0.05) is 10.5 Å². The molecule has 110 valence electrons. The van der Waals surface area contributed by atoms with Gasteiger partial charge in [-0.2, -0.15) is 0 Å². The van der Waals surface area contributed by atoms with Gasteiger partial charge in [-0.25, -0.2) is 0 Å². The van der Waals surface area contributed by atoms with E-state index in [-0.39, 0.29) is 5.78 Å². The Labute approximate surface area is 128 Å². The molecule has 0 aromatic heterocycles. The summed E-state index contributed by atoms with van der Waals surface area (Å²) < 4.78 is 12.7. The van der Waals surface area contributed by atoms with Gasteiger partial charge < -0.3 is 0 Å². The van der Waals surface area contributed by atoms with Gasteiger partial charge in [0.15, 0.2) is 5.78 Å². The number of rotatable bonds is 4. The third kappa shape index (κ3) is 3.30. The SMILES string of the molecule is Cc1ccc(C)c(C(=O)C(C)S(=O)c2ccccc2C)c1. The van der Waals surface area contributed by atoms with E-state index in [1.165, 1.54) is 0 Å². The van der Waals surface area contributed by atoms with Crippen molar-refractivity contribution in [3.8, 4) is 0 Å². The van der Waals surface area contributed by atoms with Crippen LogP contribution in [0.1, 0.15) is 34.0 Å². The van der Waals surface area contributed by atoms with Crippen molar-refractivity contribution in [3.05, 3.63) is 64.7 Å². The summed E-state index contributed by atoms with van der Waals surface area (Å²) in [6.07, 6.45) is 0. The average Bonchev–Trinajstić information content (AvgIpc) is 2.48. The molecule has 0 N–H and O–H groups in total. The first kappa shape index (κ1) is 15.6. The minimum atomic E-state index is -1.33. The first-order valence-corrected chi connectivity index (χ1v) is 8.21. The molecule has 0 radical (unpaired) electrons. The number of hydrogen-bond acceptors (Lipinski definition) is 2. The summed E-state index contributed by atoms with van der Waals surface area (Å²) in [7, 11) is -1.33. The molecule has 0 saturated heterocycles. The minimum absolute atomic E-state index is 0.0576. The highest BCUT2D eigenvalue weighted by molar-refractivity contribution is 7.86. The first-order valence-electron chi connectivity index (χ1n) is 6.99. The molecule has 0 aliphatic rings. The van der Waals surface area contributed by atoms with Crippen LogP contribution in [-0.2, 0) is 10.8 Å². The van der Waals surface area contributed by atoms with E-state index in [0.29, 0.717) is 5.56 Å². The number of Topliss-reactive ketones (excluding diaryl/α,β-unsaturated/α-hetero) is 1. The molecular formula is C18H20O2S. The quantitative estimate of drug-likeness (QED) is 0.800. The molecule has 0 saturated carbocycles. The molecule has 2 aromatic rings. The zero-order valence-electron chi connectivity index (χ0n) is 12.8. The van der Waals surface area contributed by atoms with Crippen molar-refractivity contribution in [2.24, 2.45) is 0 Å². The van der Waals surface area contributed by atoms with Crippen LogP contribution in [0.3, 0.4) is 0 Å². The van der Waals surface area contributed by atoms with E-state index in [2.05, 4.69) is 0 Å². The Bertz CT molecular complexity index is 704. The molecule has 3 heteroatoms. The Morgan fingerprint density at radius 1 is 1.00 bits per heavy atom. The molecule has 0 aliphatic heterocycles. The van der Waals surface area contributed by atoms with E-state index in [9.17, 15) is 9.00 Å². The van der Waals surface area contributed by atoms with Crippen molar-refractivity contribution < 1.29 is 9.00 Å². The molecular weight excluding hydrogens is 280 g/mol. The van der Waals surface area contributed by atoms with Gasteiger partial charge in [0.25, 0.3) is 0 Å². The zero-order chi connectivity index (χ0) is 15.6. The van der Waals surface area contributed by atoms with Gasteiger partial charge in [-0.3, -0.25) is 9.00 Å². The van der Waals surface area contributed by atoms with Crippen molar-refractivity contribution in [2.75, 3.05) is 0 Å². The lowest BCUT2D eigenvalue weighted by Gasteiger charge is -2.14. The zero-order valence-corrected chi connectivity index (χ0v) is 13.7. The predicted molar refractivity (Wildman–Crippen MR) is 87.3 cm³/mol. The molecule has 0 spiro atoms. The lowest BCUT2D eigenvalue weighted by atomic mass is 10.0. The van der Waals surface area contributed by atoms with E-state index >= 15 is 0 Å². The monoisotopic (exact) mass is 300 g/mol. The second-order valence-corrected chi connectivity index (χ2v) is 7.13. The van der Waals surface area contributed by atoms with Crippen LogP contribution in [0.5, 0.6) is 0 Å². The highest BCUT2D eigenvalue weighted by Gasteiger charge is 2.24. The number of ketones is 1. The standard InChI is InChI=1S/C18H20O2S/c1-12-9-10-13(2)16(11-12)18(19)15(4)21(20)17-8-6-5-7-14(17)3/h5-11,15H,1-4H3. The third-order valence-electron chi connectivity index (χ3n) is 3.66. The van der Waals surface area contributed by atoms with Crippen molar-refractivity contribution in [3.63, 3.8) is 0 Å². The Morgan fingerprint density at radius 3 is 2.33 bits per heavy atom. The van der Waals surface area contributed by atoms with Crippen LogP contribution in [0.4, 0.5) is 0 Å². The summed E-state index contributed by atoms with van der Waals surface area (Å²) in [6, 6.07) is 13.3. The molecule has 2 rings (SSSR count). The largest absolute Gasteiger partial charge is 0.293 e. The van der Waals surface area contributed by atoms with Gasteiger partial charge >= 0.3 is 0 Å². The smallest absolute Gasteiger partial charge is 0.178 e. The fraction of sp³-hybridized carbons (Fsp3) is 0.278. The van der Waals surface area contributed by atoms with Crippen LogP contribution in [0, 0.1) is 20.8 Å². The molecule has 21 heavy (non-hydrogen) atoms. The van der Waals surface area contributed by atoms with Crippen LogP contribution in [-0.4, -0.2) is 15.2 Å². The van der Waals surface area contributed by atoms with Crippen molar-refractivity contribution in [1.82, 2.24) is 0 Å². The summed E-state index contributed by atoms with van der Waals surface area (Å²) in [6.45, 7) is 7.53. The van der Waals surface area contributed by atoms with Gasteiger partial charge in [-0.05, 0) is 51.0 Å². The van der Waals surface area contributed by atoms with Gasteiger partial charge in [-0.15, -0.1) is 0 Å². The Balaban J connectivity index is 2.33. The maximum Gasteiger partial charge on any atom is 0.178 e. The van der Waals surface area contributed by atoms with Crippen LogP contribution in [0.2, 0.25) is 0 Å². The number of hydrogen-bond donors (Lipinski definition) is 0. The molecule has 2 nitrogen and oxygen atoms in total. The predicted octanol–water partition coefficient (Wildman–Crippen LogP) is 3.99. The summed E-state index contributed by atoms with van der Waals surface area (Å²) in [5.74, 6) is -0.0576. The number of carbonyl (C=O) groups excluding carboxylic acids is 1. The Hall–Kier alpha value is -1.74. The molecule has 0 heterocycles. The highest BCUT2D eigenvalue weighted by Crippen LogP contribution is 2.20. The second kappa shape index (κ2) is 6.35. The molecule has 2 atom stereocenters. The maximum atomic E-state index is 12.7. The summed E-state index contributed by atoms with van der Waals surface area (Å²) in [4.78, 5) is 13.4. The van der Waals surface area contributed by atoms with Gasteiger partial charge in [0.05, 0.1) is 16.0 Å². The third-order valence-corrected chi connectivity index (χ3v) is 5.41. The van der Waals surface area contributed by atoms with Crippen molar-refractivity contribution in [1.29, 1.82) is 0 Å². The van der Waals surface area contributed by atoms with Gasteiger partial charge in [-0.1, -0.05) is 35.9 Å². The number of carbonyl (C=O) groups is 1. The second-order valence-electron chi connectivity index (χ2n) is 5.39. The van der Waals surface area contributed by atoms with E-state index in [1.807, 2.05) is 63.2 Å². The normalized spacial score (nSPS) is 13.7. The topological polar surface area (TPSA) is 34.1 Å². The molecule has 0 fully saturated rings. The molecule has 2 aromatic carbocycles. The summed E-state index contributed by atoms with van der Waals surface area (Å²) in [5, 5.41) is -0.549. The van der Waals surface area contributed by atoms with Gasteiger partial charge in [0.2, 0.25) is 0 Å². The molecule has 0 amide bonds. The van der Waals surface area contributed by atoms with Crippen molar-refractivity contribution >= 4 is 16.6 Å². The first-order chi connectivity index (χ1) is 9.91. The van der Waals surface area contributed by atoms with Crippen LogP contribution >= 0.6 is 0 Å². The summed E-state index contributed by atoms with van der Waals surface area (Å²) in [5.41, 5.74) is 3.60. The fourth-order valence-corrected chi connectivity index (χ4v) is 3.59. The van der Waals surface area contributed by atoms with E-state index < -0.39 is 16.0 Å². The van der Waals surface area contributed by atoms with Crippen LogP contribution in [0.25, 0.3) is 0 Å². The maximum absolute atomic E-state index is 12.7. The number of benzene rings is 2. The van der Waals surface area contributed by atoms with E-state index in [0.717, 1.165) is 21.6 Å². The molecule has 2 unspecified atom stereocenters. The number of aryl methyl sites for hydroxylation is 3. The van der Waals surface area contributed by atoms with Gasteiger partial charge in [0.1, 0.15) is 0 Å². The summed E-state index contributed by atoms with van der Waals surface area (Å²) >= 11 is 0. The fourth-order valence-electron chi connectivity index (χ4n) is 2.29. The average molecular weight is 300 g/mol. The molecule has 0 aliphatic carbocycles. The van der Waals surface area contributed by atoms with E-state index in [4.69, 9.17) is 0 Å². The van der Waals surface area contributed by atoms with Crippen LogP contribution in [0.15, 0.2) is 47.4 Å².